The molecule has 2 aromatic heterocycles. The van der Waals surface area contributed by atoms with Gasteiger partial charge in [-0.2, -0.15) is 8.42 Å². The highest BCUT2D eigenvalue weighted by Crippen LogP contribution is 2.52. The first-order valence-electron chi connectivity index (χ1n) is 12.7. The summed E-state index contributed by atoms with van der Waals surface area (Å²) in [7, 11) is -8.85. The first-order chi connectivity index (χ1) is 17.2. The number of nitrogens with two attached hydrogens (primary N) is 1. The summed E-state index contributed by atoms with van der Waals surface area (Å²) in [6.07, 6.45) is 2.01. The number of rotatable bonds is 6. The molecular weight excluding hydrogens is 543 g/mol. The lowest BCUT2D eigenvalue weighted by molar-refractivity contribution is -0.0535. The number of hydrogen-bond donors (Lipinski definition) is 1. The van der Waals surface area contributed by atoms with Gasteiger partial charge in [0.1, 0.15) is 24.1 Å². The number of nitrogens with zero attached hydrogens (tertiary/aromatic N) is 4. The van der Waals surface area contributed by atoms with Crippen molar-refractivity contribution in [2.75, 3.05) is 6.61 Å². The molecule has 2 aromatic rings. The summed E-state index contributed by atoms with van der Waals surface area (Å²) >= 11 is 0. The van der Waals surface area contributed by atoms with E-state index in [-0.39, 0.29) is 22.4 Å². The van der Waals surface area contributed by atoms with Crippen molar-refractivity contribution in [3.8, 4) is 0 Å². The Balaban J connectivity index is 1.87. The average Bonchev–Trinajstić information content (AvgIpc) is 3.37. The van der Waals surface area contributed by atoms with Crippen molar-refractivity contribution >= 4 is 37.9 Å². The molecule has 1 spiro atoms. The normalized spacial score (nSPS) is 28.4. The highest BCUT2D eigenvalue weighted by atomic mass is 32.2. The summed E-state index contributed by atoms with van der Waals surface area (Å²) in [5.41, 5.74) is 6.04. The molecule has 212 valence electrons. The molecule has 1 saturated heterocycles. The van der Waals surface area contributed by atoms with E-state index >= 15 is 0 Å². The summed E-state index contributed by atoms with van der Waals surface area (Å²) in [6.45, 7) is 21.3. The van der Waals surface area contributed by atoms with E-state index in [2.05, 4.69) is 82.7 Å². The number of imidazole rings is 1. The molecule has 2 aliphatic rings. The molecule has 4 rings (SSSR count). The second kappa shape index (κ2) is 9.18. The van der Waals surface area contributed by atoms with Gasteiger partial charge in [-0.3, -0.25) is 4.57 Å². The quantitative estimate of drug-likeness (QED) is 0.391. The van der Waals surface area contributed by atoms with Gasteiger partial charge in [-0.1, -0.05) is 41.5 Å². The Kier molecular flexibility index (Phi) is 7.08. The van der Waals surface area contributed by atoms with Crippen LogP contribution in [0.15, 0.2) is 30.0 Å². The standard InChI is InChI=1S/C24H41N5O6SSi2/c1-22(2,3)37(7,8)32-12-18-24(17(25)13-36(30,31)35-24)19(34-38(9,10)23(4,5)6)21(33-18)29-15-28-16-11-26-14-27-20(16)29/h11,13-15,18-19,21H,12,25H2,1-10H3/t18-,19+,21-,24?/m1/s1. The maximum absolute atomic E-state index is 12.9. The molecule has 4 atom stereocenters. The zero-order chi connectivity index (χ0) is 28.5. The largest absolute Gasteiger partial charge is 0.414 e. The van der Waals surface area contributed by atoms with Crippen LogP contribution in [0.25, 0.3) is 11.2 Å². The molecule has 38 heavy (non-hydrogen) atoms. The van der Waals surface area contributed by atoms with Gasteiger partial charge in [0.15, 0.2) is 34.1 Å². The molecule has 4 heterocycles. The van der Waals surface area contributed by atoms with Crippen LogP contribution in [0.2, 0.25) is 36.3 Å². The van der Waals surface area contributed by atoms with Crippen LogP contribution in [0.5, 0.6) is 0 Å². The third-order valence-electron chi connectivity index (χ3n) is 8.58. The lowest BCUT2D eigenvalue weighted by Gasteiger charge is -2.43. The number of ether oxygens (including phenoxy) is 1. The predicted molar refractivity (Wildman–Crippen MR) is 149 cm³/mol. The van der Waals surface area contributed by atoms with Crippen molar-refractivity contribution in [3.63, 3.8) is 0 Å². The van der Waals surface area contributed by atoms with Gasteiger partial charge in [-0.05, 0) is 36.3 Å². The lowest BCUT2D eigenvalue weighted by Crippen LogP contribution is -2.59. The van der Waals surface area contributed by atoms with Gasteiger partial charge in [0.2, 0.25) is 0 Å². The molecule has 14 heteroatoms. The molecule has 2 aliphatic heterocycles. The van der Waals surface area contributed by atoms with Crippen LogP contribution in [-0.2, 0) is 27.9 Å². The van der Waals surface area contributed by atoms with E-state index in [1.54, 1.807) is 17.1 Å². The van der Waals surface area contributed by atoms with Crippen LogP contribution in [0.1, 0.15) is 47.8 Å². The molecule has 0 radical (unpaired) electrons. The molecule has 0 aromatic carbocycles. The van der Waals surface area contributed by atoms with E-state index in [1.807, 2.05) is 0 Å². The topological polar surface area (TPSA) is 141 Å². The van der Waals surface area contributed by atoms with Crippen molar-refractivity contribution in [1.82, 2.24) is 19.5 Å². The minimum atomic E-state index is -4.09. The van der Waals surface area contributed by atoms with E-state index in [0.717, 1.165) is 5.41 Å². The van der Waals surface area contributed by atoms with Gasteiger partial charge in [0.05, 0.1) is 30.2 Å². The summed E-state index contributed by atoms with van der Waals surface area (Å²) in [6, 6.07) is 0. The maximum Gasteiger partial charge on any atom is 0.292 e. The molecule has 0 aliphatic carbocycles. The molecule has 1 unspecified atom stereocenters. The second-order valence-electron chi connectivity index (χ2n) is 13.2. The van der Waals surface area contributed by atoms with Crippen molar-refractivity contribution < 1.29 is 26.2 Å². The first kappa shape index (κ1) is 29.3. The Morgan fingerprint density at radius 1 is 1.08 bits per heavy atom. The van der Waals surface area contributed by atoms with Crippen LogP contribution < -0.4 is 5.73 Å². The van der Waals surface area contributed by atoms with Gasteiger partial charge < -0.3 is 19.3 Å². The molecule has 0 bridgehead atoms. The highest BCUT2D eigenvalue weighted by Gasteiger charge is 2.67. The number of aromatic nitrogens is 4. The summed E-state index contributed by atoms with van der Waals surface area (Å²) in [5.74, 6) is 0. The summed E-state index contributed by atoms with van der Waals surface area (Å²) in [4.78, 5) is 12.9. The fourth-order valence-corrected chi connectivity index (χ4v) is 7.69. The minimum Gasteiger partial charge on any atom is -0.414 e. The Morgan fingerprint density at radius 2 is 1.71 bits per heavy atom. The Hall–Kier alpha value is -1.69. The fourth-order valence-electron chi connectivity index (χ4n) is 4.19. The smallest absolute Gasteiger partial charge is 0.292 e. The van der Waals surface area contributed by atoms with Crippen molar-refractivity contribution in [2.24, 2.45) is 5.73 Å². The van der Waals surface area contributed by atoms with E-state index in [0.29, 0.717) is 11.2 Å². The van der Waals surface area contributed by atoms with Crippen LogP contribution in [0.4, 0.5) is 0 Å². The van der Waals surface area contributed by atoms with Gasteiger partial charge in [0, 0.05) is 0 Å². The van der Waals surface area contributed by atoms with Gasteiger partial charge in [-0.15, -0.1) is 0 Å². The molecular formula is C24H41N5O6SSi2. The zero-order valence-corrected chi connectivity index (χ0v) is 26.8. The number of hydrogen-bond acceptors (Lipinski definition) is 10. The van der Waals surface area contributed by atoms with Gasteiger partial charge in [0.25, 0.3) is 10.1 Å². The van der Waals surface area contributed by atoms with Crippen LogP contribution >= 0.6 is 0 Å². The summed E-state index contributed by atoms with van der Waals surface area (Å²) < 4.78 is 53.5. The maximum atomic E-state index is 12.9. The summed E-state index contributed by atoms with van der Waals surface area (Å²) in [5, 5.41) is 0.703. The van der Waals surface area contributed by atoms with E-state index < -0.39 is 50.8 Å². The van der Waals surface area contributed by atoms with Crippen molar-refractivity contribution in [3.05, 3.63) is 30.0 Å². The highest BCUT2D eigenvalue weighted by molar-refractivity contribution is 7.90. The average molecular weight is 584 g/mol. The third kappa shape index (κ3) is 4.88. The van der Waals surface area contributed by atoms with E-state index in [1.165, 1.54) is 6.33 Å². The Morgan fingerprint density at radius 3 is 2.26 bits per heavy atom. The molecule has 0 saturated carbocycles. The predicted octanol–water partition coefficient (Wildman–Crippen LogP) is 4.03. The van der Waals surface area contributed by atoms with Crippen LogP contribution in [0.3, 0.4) is 0 Å². The van der Waals surface area contributed by atoms with Crippen LogP contribution in [0, 0.1) is 0 Å². The van der Waals surface area contributed by atoms with Gasteiger partial charge in [-0.25, -0.2) is 19.1 Å². The van der Waals surface area contributed by atoms with E-state index in [9.17, 15) is 8.42 Å². The lowest BCUT2D eigenvalue weighted by atomic mass is 9.89. The Labute approximate surface area is 227 Å². The van der Waals surface area contributed by atoms with Gasteiger partial charge >= 0.3 is 0 Å². The molecule has 1 fully saturated rings. The third-order valence-corrected chi connectivity index (χ3v) is 18.6. The van der Waals surface area contributed by atoms with E-state index in [4.69, 9.17) is 23.5 Å². The molecule has 11 nitrogen and oxygen atoms in total. The van der Waals surface area contributed by atoms with Crippen molar-refractivity contribution in [2.45, 2.75) is 102 Å². The SMILES string of the molecule is CC(C)(C)[Si](C)(C)OC[C@H]1O[C@@H](n2cnc3cncnc32)[C@H](O[Si](C)(C)C(C)(C)C)C12OS(=O)(=O)C=C2N. The zero-order valence-electron chi connectivity index (χ0n) is 24.0. The van der Waals surface area contributed by atoms with Crippen LogP contribution in [-0.4, -0.2) is 69.0 Å². The minimum absolute atomic E-state index is 0.0339. The Bertz CT molecular complexity index is 1350. The second-order valence-corrected chi connectivity index (χ2v) is 24.2. The number of fused-ring (bicyclic) bond motifs is 1. The van der Waals surface area contributed by atoms with Crippen molar-refractivity contribution in [1.29, 1.82) is 0 Å². The monoisotopic (exact) mass is 583 g/mol. The first-order valence-corrected chi connectivity index (χ1v) is 20.0. The fraction of sp³-hybridized carbons (Fsp3) is 0.708. The molecule has 2 N–H and O–H groups in total. The molecule has 0 amide bonds.